The van der Waals surface area contributed by atoms with Gasteiger partial charge in [0, 0.05) is 31.5 Å². The summed E-state index contributed by atoms with van der Waals surface area (Å²) < 4.78 is 4.85. The second-order valence-electron chi connectivity index (χ2n) is 4.47. The van der Waals surface area contributed by atoms with Gasteiger partial charge >= 0.3 is 0 Å². The summed E-state index contributed by atoms with van der Waals surface area (Å²) in [6.45, 7) is 3.97. The normalized spacial score (nSPS) is 9.95. The van der Waals surface area contributed by atoms with Gasteiger partial charge in [-0.1, -0.05) is 11.2 Å². The Morgan fingerprint density at radius 1 is 1.38 bits per heavy atom. The summed E-state index contributed by atoms with van der Waals surface area (Å²) >= 11 is 0. The Kier molecular flexibility index (Phi) is 7.42. The molecule has 0 spiro atoms. The Bertz CT molecular complexity index is 545. The number of hydrogen-bond acceptors (Lipinski definition) is 5. The lowest BCUT2D eigenvalue weighted by molar-refractivity contribution is 0.0944. The number of nitrogens with zero attached hydrogens (tertiary/aromatic N) is 2. The van der Waals surface area contributed by atoms with Crippen LogP contribution in [0.5, 0.6) is 0 Å². The number of nitrogens with one attached hydrogen (secondary N) is 2. The zero-order chi connectivity index (χ0) is 14.2. The number of rotatable bonds is 7. The van der Waals surface area contributed by atoms with Gasteiger partial charge in [0.15, 0.2) is 5.69 Å². The van der Waals surface area contributed by atoms with Gasteiger partial charge in [0.1, 0.15) is 5.76 Å². The Balaban J connectivity index is 0.00000220. The largest absolute Gasteiger partial charge is 0.361 e. The van der Waals surface area contributed by atoms with Crippen molar-refractivity contribution < 1.29 is 9.32 Å². The first-order valence-electron chi connectivity index (χ1n) is 6.57. The van der Waals surface area contributed by atoms with Crippen LogP contribution in [-0.2, 0) is 6.54 Å². The minimum atomic E-state index is -0.200. The van der Waals surface area contributed by atoms with Crippen molar-refractivity contribution in [3.8, 4) is 0 Å². The third-order valence-corrected chi connectivity index (χ3v) is 2.73. The predicted octanol–water partition coefficient (Wildman–Crippen LogP) is 1.71. The van der Waals surface area contributed by atoms with E-state index in [0.717, 1.165) is 25.1 Å². The van der Waals surface area contributed by atoms with Crippen LogP contribution in [0.4, 0.5) is 0 Å². The maximum absolute atomic E-state index is 11.6. The molecule has 0 bridgehead atoms. The molecule has 0 radical (unpaired) electrons. The van der Waals surface area contributed by atoms with Gasteiger partial charge in [0.2, 0.25) is 0 Å². The molecule has 7 heteroatoms. The minimum absolute atomic E-state index is 0. The van der Waals surface area contributed by atoms with Gasteiger partial charge in [-0.05, 0) is 31.5 Å². The standard InChI is InChI=1S/C14H18N4O2.ClH/c1-11-8-13(18-20-11)14(19)17-7-3-6-16-10-12-4-2-5-15-9-12;/h2,4-5,8-9,16H,3,6-7,10H2,1H3,(H,17,19);1H. The van der Waals surface area contributed by atoms with Crippen molar-refractivity contribution in [2.24, 2.45) is 0 Å². The van der Waals surface area contributed by atoms with Crippen LogP contribution in [0, 0.1) is 6.92 Å². The van der Waals surface area contributed by atoms with Gasteiger partial charge in [0.25, 0.3) is 5.91 Å². The van der Waals surface area contributed by atoms with E-state index in [0.29, 0.717) is 18.0 Å². The maximum atomic E-state index is 11.6. The van der Waals surface area contributed by atoms with Crippen molar-refractivity contribution in [2.45, 2.75) is 19.9 Å². The Morgan fingerprint density at radius 3 is 2.90 bits per heavy atom. The Morgan fingerprint density at radius 2 is 2.24 bits per heavy atom. The van der Waals surface area contributed by atoms with E-state index in [2.05, 4.69) is 20.8 Å². The number of aryl methyl sites for hydroxylation is 1. The molecule has 1 amide bonds. The molecule has 0 unspecified atom stereocenters. The van der Waals surface area contributed by atoms with Crippen LogP contribution in [0.2, 0.25) is 0 Å². The molecule has 6 nitrogen and oxygen atoms in total. The van der Waals surface area contributed by atoms with Crippen LogP contribution in [0.3, 0.4) is 0 Å². The van der Waals surface area contributed by atoms with Gasteiger partial charge < -0.3 is 15.2 Å². The fraction of sp³-hybridized carbons (Fsp3) is 0.357. The highest BCUT2D eigenvalue weighted by molar-refractivity contribution is 5.92. The average Bonchev–Trinajstić information content (AvgIpc) is 2.90. The quantitative estimate of drug-likeness (QED) is 0.761. The molecule has 0 atom stereocenters. The van der Waals surface area contributed by atoms with Crippen molar-refractivity contribution in [1.82, 2.24) is 20.8 Å². The molecule has 0 aliphatic rings. The predicted molar refractivity (Wildman–Crippen MR) is 81.4 cm³/mol. The van der Waals surface area contributed by atoms with Crippen molar-refractivity contribution in [1.29, 1.82) is 0 Å². The van der Waals surface area contributed by atoms with Gasteiger partial charge in [-0.3, -0.25) is 9.78 Å². The topological polar surface area (TPSA) is 80.0 Å². The van der Waals surface area contributed by atoms with E-state index in [1.807, 2.05) is 18.3 Å². The zero-order valence-electron chi connectivity index (χ0n) is 11.8. The molecule has 2 rings (SSSR count). The van der Waals surface area contributed by atoms with E-state index in [1.54, 1.807) is 19.2 Å². The highest BCUT2D eigenvalue weighted by Crippen LogP contribution is 2.00. The number of hydrogen-bond donors (Lipinski definition) is 2. The third-order valence-electron chi connectivity index (χ3n) is 2.73. The monoisotopic (exact) mass is 310 g/mol. The van der Waals surface area contributed by atoms with Crippen LogP contribution in [0.15, 0.2) is 35.1 Å². The van der Waals surface area contributed by atoms with E-state index >= 15 is 0 Å². The molecule has 0 fully saturated rings. The SMILES string of the molecule is Cc1cc(C(=O)NCCCNCc2cccnc2)no1.Cl. The van der Waals surface area contributed by atoms with Crippen molar-refractivity contribution in [3.05, 3.63) is 47.6 Å². The summed E-state index contributed by atoms with van der Waals surface area (Å²) in [5.74, 6) is 0.433. The smallest absolute Gasteiger partial charge is 0.273 e. The summed E-state index contributed by atoms with van der Waals surface area (Å²) in [6, 6.07) is 5.56. The molecule has 2 heterocycles. The second-order valence-corrected chi connectivity index (χ2v) is 4.47. The highest BCUT2D eigenvalue weighted by atomic mass is 35.5. The van der Waals surface area contributed by atoms with E-state index in [9.17, 15) is 4.79 Å². The molecule has 2 aromatic heterocycles. The van der Waals surface area contributed by atoms with Crippen molar-refractivity contribution in [2.75, 3.05) is 13.1 Å². The fourth-order valence-corrected chi connectivity index (χ4v) is 1.71. The molecule has 0 saturated heterocycles. The third kappa shape index (κ3) is 5.93. The number of carbonyl (C=O) groups is 1. The van der Waals surface area contributed by atoms with E-state index < -0.39 is 0 Å². The first kappa shape index (κ1) is 17.1. The minimum Gasteiger partial charge on any atom is -0.361 e. The second kappa shape index (κ2) is 9.10. The lowest BCUT2D eigenvalue weighted by Crippen LogP contribution is -2.27. The molecular formula is C14H19ClN4O2. The number of pyridine rings is 1. The van der Waals surface area contributed by atoms with Crippen LogP contribution >= 0.6 is 12.4 Å². The summed E-state index contributed by atoms with van der Waals surface area (Å²) in [5, 5.41) is 9.75. The molecule has 21 heavy (non-hydrogen) atoms. The Labute approximate surface area is 129 Å². The van der Waals surface area contributed by atoms with Crippen molar-refractivity contribution in [3.63, 3.8) is 0 Å². The van der Waals surface area contributed by atoms with Gasteiger partial charge in [-0.2, -0.15) is 0 Å². The molecule has 2 N–H and O–H groups in total. The highest BCUT2D eigenvalue weighted by Gasteiger charge is 2.09. The maximum Gasteiger partial charge on any atom is 0.273 e. The summed E-state index contributed by atoms with van der Waals surface area (Å²) in [6.07, 6.45) is 4.44. The van der Waals surface area contributed by atoms with Crippen LogP contribution in [0.25, 0.3) is 0 Å². The van der Waals surface area contributed by atoms with Gasteiger partial charge in [-0.15, -0.1) is 12.4 Å². The number of halogens is 1. The van der Waals surface area contributed by atoms with E-state index in [1.165, 1.54) is 0 Å². The fourth-order valence-electron chi connectivity index (χ4n) is 1.71. The van der Waals surface area contributed by atoms with Crippen LogP contribution < -0.4 is 10.6 Å². The molecular weight excluding hydrogens is 292 g/mol. The first-order chi connectivity index (χ1) is 9.75. The molecule has 2 aromatic rings. The molecule has 0 saturated carbocycles. The molecule has 0 aliphatic heterocycles. The molecule has 0 aliphatic carbocycles. The van der Waals surface area contributed by atoms with E-state index in [-0.39, 0.29) is 18.3 Å². The first-order valence-corrected chi connectivity index (χ1v) is 6.57. The number of carbonyl (C=O) groups excluding carboxylic acids is 1. The lowest BCUT2D eigenvalue weighted by Gasteiger charge is -2.05. The zero-order valence-corrected chi connectivity index (χ0v) is 12.7. The number of aromatic nitrogens is 2. The molecule has 0 aromatic carbocycles. The number of amides is 1. The van der Waals surface area contributed by atoms with E-state index in [4.69, 9.17) is 4.52 Å². The summed E-state index contributed by atoms with van der Waals surface area (Å²) in [7, 11) is 0. The van der Waals surface area contributed by atoms with Gasteiger partial charge in [-0.25, -0.2) is 0 Å². The average molecular weight is 311 g/mol. The van der Waals surface area contributed by atoms with Crippen molar-refractivity contribution >= 4 is 18.3 Å². The van der Waals surface area contributed by atoms with Crippen LogP contribution in [-0.4, -0.2) is 29.1 Å². The van der Waals surface area contributed by atoms with Crippen LogP contribution in [0.1, 0.15) is 28.2 Å². The lowest BCUT2D eigenvalue weighted by atomic mass is 10.3. The summed E-state index contributed by atoms with van der Waals surface area (Å²) in [5.41, 5.74) is 1.47. The Hall–Kier alpha value is -1.92. The molecule has 114 valence electrons. The summed E-state index contributed by atoms with van der Waals surface area (Å²) in [4.78, 5) is 15.7. The van der Waals surface area contributed by atoms with Gasteiger partial charge in [0.05, 0.1) is 0 Å².